The fourth-order valence-corrected chi connectivity index (χ4v) is 3.71. The molecule has 1 amide bonds. The first-order valence-electron chi connectivity index (χ1n) is 8.60. The number of carbonyl (C=O) groups is 1. The van der Waals surface area contributed by atoms with Crippen LogP contribution >= 0.6 is 0 Å². The van der Waals surface area contributed by atoms with Crippen LogP contribution in [0.25, 0.3) is 0 Å². The van der Waals surface area contributed by atoms with Crippen LogP contribution in [-0.4, -0.2) is 57.5 Å². The van der Waals surface area contributed by atoms with Crippen LogP contribution in [0.15, 0.2) is 4.63 Å². The molecule has 1 saturated heterocycles. The van der Waals surface area contributed by atoms with E-state index in [1.54, 1.807) is 6.92 Å². The third kappa shape index (κ3) is 4.09. The van der Waals surface area contributed by atoms with Gasteiger partial charge in [0.25, 0.3) is 5.91 Å². The van der Waals surface area contributed by atoms with E-state index in [2.05, 4.69) is 25.2 Å². The number of amides is 1. The van der Waals surface area contributed by atoms with Gasteiger partial charge in [-0.3, -0.25) is 4.79 Å². The average Bonchev–Trinajstić information content (AvgIpc) is 2.96. The van der Waals surface area contributed by atoms with E-state index in [-0.39, 0.29) is 17.6 Å². The summed E-state index contributed by atoms with van der Waals surface area (Å²) >= 11 is 0. The highest BCUT2D eigenvalue weighted by Gasteiger charge is 2.33. The van der Waals surface area contributed by atoms with Crippen molar-refractivity contribution in [3.63, 3.8) is 0 Å². The van der Waals surface area contributed by atoms with Crippen LogP contribution in [0.5, 0.6) is 0 Å². The van der Waals surface area contributed by atoms with Gasteiger partial charge >= 0.3 is 0 Å². The lowest BCUT2D eigenvalue weighted by Crippen LogP contribution is -2.50. The topological polar surface area (TPSA) is 91.5 Å². The predicted octanol–water partition coefficient (Wildman–Crippen LogP) is 1.27. The van der Waals surface area contributed by atoms with Crippen molar-refractivity contribution in [2.24, 2.45) is 0 Å². The zero-order valence-electron chi connectivity index (χ0n) is 13.8. The van der Waals surface area contributed by atoms with Crippen molar-refractivity contribution in [2.45, 2.75) is 63.5 Å². The number of aryl methyl sites for hydroxylation is 1. The summed E-state index contributed by atoms with van der Waals surface area (Å²) in [6, 6.07) is 0.149. The molecule has 0 aromatic carbocycles. The molecule has 2 heterocycles. The van der Waals surface area contributed by atoms with E-state index in [1.807, 2.05) is 0 Å². The number of carbonyl (C=O) groups excluding carboxylic acids is 1. The third-order valence-corrected chi connectivity index (χ3v) is 5.09. The summed E-state index contributed by atoms with van der Waals surface area (Å²) in [7, 11) is 0. The Morgan fingerprint density at radius 2 is 2.00 bits per heavy atom. The van der Waals surface area contributed by atoms with Crippen LogP contribution in [0, 0.1) is 6.92 Å². The molecule has 0 atom stereocenters. The molecular weight excluding hydrogens is 296 g/mol. The number of nitrogens with one attached hydrogen (secondary N) is 1. The molecule has 0 spiro atoms. The van der Waals surface area contributed by atoms with E-state index in [9.17, 15) is 9.90 Å². The molecule has 128 valence electrons. The first kappa shape index (κ1) is 16.4. The first-order chi connectivity index (χ1) is 11.1. The zero-order chi connectivity index (χ0) is 16.3. The van der Waals surface area contributed by atoms with Crippen LogP contribution in [-0.2, 0) is 0 Å². The average molecular weight is 322 g/mol. The molecule has 3 rings (SSSR count). The van der Waals surface area contributed by atoms with Crippen LogP contribution in [0.3, 0.4) is 0 Å². The van der Waals surface area contributed by atoms with Gasteiger partial charge in [0.05, 0.1) is 5.60 Å². The van der Waals surface area contributed by atoms with Crippen LogP contribution in [0.2, 0.25) is 0 Å². The van der Waals surface area contributed by atoms with Crippen molar-refractivity contribution < 1.29 is 14.5 Å². The van der Waals surface area contributed by atoms with Crippen molar-refractivity contribution in [1.82, 2.24) is 20.5 Å². The molecule has 1 aliphatic carbocycles. The molecule has 1 saturated carbocycles. The molecule has 23 heavy (non-hydrogen) atoms. The fourth-order valence-electron chi connectivity index (χ4n) is 3.71. The molecule has 7 heteroatoms. The van der Waals surface area contributed by atoms with Gasteiger partial charge in [0, 0.05) is 25.7 Å². The van der Waals surface area contributed by atoms with Gasteiger partial charge in [-0.1, -0.05) is 24.4 Å². The lowest BCUT2D eigenvalue weighted by atomic mass is 9.84. The van der Waals surface area contributed by atoms with E-state index in [1.165, 1.54) is 6.42 Å². The summed E-state index contributed by atoms with van der Waals surface area (Å²) in [6.07, 6.45) is 7.14. The Bertz CT molecular complexity index is 531. The summed E-state index contributed by atoms with van der Waals surface area (Å²) in [5.41, 5.74) is 0.279. The highest BCUT2D eigenvalue weighted by Crippen LogP contribution is 2.29. The third-order valence-electron chi connectivity index (χ3n) is 5.09. The fraction of sp³-hybridized carbons (Fsp3) is 0.812. The van der Waals surface area contributed by atoms with Gasteiger partial charge in [0.2, 0.25) is 0 Å². The number of aromatic nitrogens is 2. The molecule has 0 unspecified atom stereocenters. The Kier molecular flexibility index (Phi) is 4.96. The minimum atomic E-state index is -0.502. The Labute approximate surface area is 136 Å². The standard InChI is InChI=1S/C16H26N4O3/c1-12-14(19-23-18-12)15(21)17-13-5-9-20(10-6-13)11-16(22)7-3-2-4-8-16/h13,22H,2-11H2,1H3,(H,17,21). The van der Waals surface area contributed by atoms with Gasteiger partial charge in [-0.05, 0) is 37.8 Å². The predicted molar refractivity (Wildman–Crippen MR) is 84.0 cm³/mol. The van der Waals surface area contributed by atoms with Crippen molar-refractivity contribution in [3.8, 4) is 0 Å². The minimum Gasteiger partial charge on any atom is -0.389 e. The van der Waals surface area contributed by atoms with Gasteiger partial charge in [0.1, 0.15) is 5.69 Å². The van der Waals surface area contributed by atoms with E-state index < -0.39 is 5.60 Å². The molecule has 1 aromatic heterocycles. The molecule has 2 fully saturated rings. The number of nitrogens with zero attached hydrogens (tertiary/aromatic N) is 3. The summed E-state index contributed by atoms with van der Waals surface area (Å²) in [5, 5.41) is 20.9. The number of hydrogen-bond donors (Lipinski definition) is 2. The summed E-state index contributed by atoms with van der Waals surface area (Å²) in [5.74, 6) is -0.215. The zero-order valence-corrected chi connectivity index (χ0v) is 13.8. The Balaban J connectivity index is 1.45. The van der Waals surface area contributed by atoms with Crippen LogP contribution in [0.1, 0.15) is 61.1 Å². The van der Waals surface area contributed by atoms with E-state index in [4.69, 9.17) is 0 Å². The number of β-amino-alcohol motifs (C(OH)–C–C–N with tert-alkyl or cyclic N) is 1. The summed E-state index contributed by atoms with van der Waals surface area (Å²) in [6.45, 7) is 4.28. The van der Waals surface area contributed by atoms with Crippen LogP contribution in [0.4, 0.5) is 0 Å². The number of rotatable bonds is 4. The maximum absolute atomic E-state index is 12.1. The second kappa shape index (κ2) is 6.97. The van der Waals surface area contributed by atoms with Gasteiger partial charge in [-0.15, -0.1) is 0 Å². The van der Waals surface area contributed by atoms with Gasteiger partial charge in [-0.2, -0.15) is 0 Å². The molecular formula is C16H26N4O3. The smallest absolute Gasteiger partial charge is 0.275 e. The number of aliphatic hydroxyl groups is 1. The van der Waals surface area contributed by atoms with Gasteiger partial charge in [-0.25, -0.2) is 4.63 Å². The number of likely N-dealkylation sites (tertiary alicyclic amines) is 1. The Hall–Kier alpha value is -1.47. The summed E-state index contributed by atoms with van der Waals surface area (Å²) in [4.78, 5) is 14.4. The van der Waals surface area contributed by atoms with Gasteiger partial charge in [0.15, 0.2) is 5.69 Å². The van der Waals surface area contributed by atoms with Crippen molar-refractivity contribution >= 4 is 5.91 Å². The number of hydrogen-bond acceptors (Lipinski definition) is 6. The lowest BCUT2D eigenvalue weighted by molar-refractivity contribution is -0.0312. The lowest BCUT2D eigenvalue weighted by Gasteiger charge is -2.40. The number of piperidine rings is 1. The normalized spacial score (nSPS) is 22.9. The molecule has 7 nitrogen and oxygen atoms in total. The first-order valence-corrected chi connectivity index (χ1v) is 8.60. The van der Waals surface area contributed by atoms with Gasteiger partial charge < -0.3 is 15.3 Å². The highest BCUT2D eigenvalue weighted by atomic mass is 16.6. The second-order valence-electron chi connectivity index (χ2n) is 7.01. The van der Waals surface area contributed by atoms with E-state index in [0.717, 1.165) is 58.2 Å². The van der Waals surface area contributed by atoms with E-state index in [0.29, 0.717) is 5.69 Å². The SMILES string of the molecule is Cc1nonc1C(=O)NC1CCN(CC2(O)CCCCC2)CC1. The Morgan fingerprint density at radius 3 is 2.61 bits per heavy atom. The Morgan fingerprint density at radius 1 is 1.30 bits per heavy atom. The highest BCUT2D eigenvalue weighted by molar-refractivity contribution is 5.93. The quantitative estimate of drug-likeness (QED) is 0.867. The second-order valence-corrected chi connectivity index (χ2v) is 7.01. The van der Waals surface area contributed by atoms with Crippen LogP contribution < -0.4 is 5.32 Å². The van der Waals surface area contributed by atoms with Crippen molar-refractivity contribution in [1.29, 1.82) is 0 Å². The maximum Gasteiger partial charge on any atom is 0.275 e. The monoisotopic (exact) mass is 322 g/mol. The molecule has 0 bridgehead atoms. The van der Waals surface area contributed by atoms with Crippen molar-refractivity contribution in [2.75, 3.05) is 19.6 Å². The minimum absolute atomic E-state index is 0.149. The largest absolute Gasteiger partial charge is 0.389 e. The van der Waals surface area contributed by atoms with Crippen molar-refractivity contribution in [3.05, 3.63) is 11.4 Å². The van der Waals surface area contributed by atoms with E-state index >= 15 is 0 Å². The molecule has 1 aliphatic heterocycles. The maximum atomic E-state index is 12.1. The molecule has 1 aromatic rings. The summed E-state index contributed by atoms with van der Waals surface area (Å²) < 4.78 is 4.57. The molecule has 0 radical (unpaired) electrons. The molecule has 2 aliphatic rings. The molecule has 2 N–H and O–H groups in total.